The summed E-state index contributed by atoms with van der Waals surface area (Å²) in [7, 11) is 8.38. The highest BCUT2D eigenvalue weighted by molar-refractivity contribution is 6.46. The lowest BCUT2D eigenvalue weighted by Gasteiger charge is -2.27. The standard InChI is InChI=1S/C25H29ClN2O6/c1-27(2)11-6-12-28-22(17-14-16(32-3)8-10-19(17)33-4)21(24(30)25(28)31)23(29)15-7-9-20(34-5)18(26)13-15/h7-10,13-14,22,29H,6,11-12H2,1-5H3. The molecule has 0 saturated carbocycles. The number of rotatable bonds is 9. The molecule has 2 aromatic rings. The van der Waals surface area contributed by atoms with Crippen LogP contribution in [0.25, 0.3) is 5.76 Å². The van der Waals surface area contributed by atoms with E-state index >= 15 is 0 Å². The highest BCUT2D eigenvalue weighted by atomic mass is 35.5. The molecule has 34 heavy (non-hydrogen) atoms. The summed E-state index contributed by atoms with van der Waals surface area (Å²) in [5.41, 5.74) is 0.790. The van der Waals surface area contributed by atoms with E-state index < -0.39 is 17.7 Å². The molecule has 1 amide bonds. The lowest BCUT2D eigenvalue weighted by molar-refractivity contribution is -0.140. The van der Waals surface area contributed by atoms with Gasteiger partial charge in [-0.15, -0.1) is 0 Å². The lowest BCUT2D eigenvalue weighted by atomic mass is 9.94. The number of nitrogens with zero attached hydrogens (tertiary/aromatic N) is 2. The van der Waals surface area contributed by atoms with Gasteiger partial charge in [0, 0.05) is 17.7 Å². The van der Waals surface area contributed by atoms with Crippen molar-refractivity contribution in [1.82, 2.24) is 9.80 Å². The maximum Gasteiger partial charge on any atom is 0.295 e. The molecular formula is C25H29ClN2O6. The monoisotopic (exact) mass is 488 g/mol. The second-order valence-corrected chi connectivity index (χ2v) is 8.51. The minimum atomic E-state index is -0.868. The second kappa shape index (κ2) is 10.8. The van der Waals surface area contributed by atoms with Crippen LogP contribution in [-0.2, 0) is 9.59 Å². The third-order valence-corrected chi connectivity index (χ3v) is 6.00. The first kappa shape index (κ1) is 25.4. The third kappa shape index (κ3) is 4.98. The maximum absolute atomic E-state index is 13.2. The molecule has 182 valence electrons. The number of aliphatic hydroxyl groups is 1. The summed E-state index contributed by atoms with van der Waals surface area (Å²) in [4.78, 5) is 29.8. The molecule has 1 atom stereocenters. The number of hydrogen-bond donors (Lipinski definition) is 1. The fourth-order valence-electron chi connectivity index (χ4n) is 4.01. The van der Waals surface area contributed by atoms with Crippen molar-refractivity contribution in [3.8, 4) is 17.2 Å². The second-order valence-electron chi connectivity index (χ2n) is 8.11. The predicted octanol–water partition coefficient (Wildman–Crippen LogP) is 3.74. The molecule has 0 bridgehead atoms. The van der Waals surface area contributed by atoms with Crippen LogP contribution < -0.4 is 14.2 Å². The Kier molecular flexibility index (Phi) is 8.06. The lowest BCUT2D eigenvalue weighted by Crippen LogP contribution is -2.32. The fraction of sp³-hybridized carbons (Fsp3) is 0.360. The number of ketones is 1. The summed E-state index contributed by atoms with van der Waals surface area (Å²) in [5, 5.41) is 11.5. The average molecular weight is 489 g/mol. The van der Waals surface area contributed by atoms with Gasteiger partial charge in [-0.2, -0.15) is 0 Å². The van der Waals surface area contributed by atoms with Gasteiger partial charge in [0.15, 0.2) is 0 Å². The van der Waals surface area contributed by atoms with Crippen molar-refractivity contribution in [2.45, 2.75) is 12.5 Å². The van der Waals surface area contributed by atoms with E-state index in [4.69, 9.17) is 25.8 Å². The largest absolute Gasteiger partial charge is 0.507 e. The van der Waals surface area contributed by atoms with Crippen molar-refractivity contribution in [1.29, 1.82) is 0 Å². The normalized spacial score (nSPS) is 17.4. The first-order chi connectivity index (χ1) is 16.2. The molecule has 1 heterocycles. The average Bonchev–Trinajstić information content (AvgIpc) is 3.07. The third-order valence-electron chi connectivity index (χ3n) is 5.70. The summed E-state index contributed by atoms with van der Waals surface area (Å²) in [6, 6.07) is 8.94. The molecule has 0 spiro atoms. The molecular weight excluding hydrogens is 460 g/mol. The van der Waals surface area contributed by atoms with Crippen LogP contribution in [0, 0.1) is 0 Å². The Balaban J connectivity index is 2.20. The summed E-state index contributed by atoms with van der Waals surface area (Å²) in [6.07, 6.45) is 0.636. The molecule has 1 fully saturated rings. The van der Waals surface area contributed by atoms with Gasteiger partial charge in [-0.1, -0.05) is 11.6 Å². The van der Waals surface area contributed by atoms with Crippen LogP contribution >= 0.6 is 11.6 Å². The number of likely N-dealkylation sites (tertiary alicyclic amines) is 1. The Morgan fingerprint density at radius 3 is 2.29 bits per heavy atom. The molecule has 0 radical (unpaired) electrons. The van der Waals surface area contributed by atoms with E-state index in [1.54, 1.807) is 30.3 Å². The van der Waals surface area contributed by atoms with Crippen molar-refractivity contribution >= 4 is 29.1 Å². The fourth-order valence-corrected chi connectivity index (χ4v) is 4.27. The Hall–Kier alpha value is -3.23. The Bertz CT molecular complexity index is 1110. The van der Waals surface area contributed by atoms with Gasteiger partial charge >= 0.3 is 0 Å². The van der Waals surface area contributed by atoms with Crippen molar-refractivity contribution in [2.75, 3.05) is 48.5 Å². The SMILES string of the molecule is COc1ccc(OC)c(C2C(=C(O)c3ccc(OC)c(Cl)c3)C(=O)C(=O)N2CCCN(C)C)c1. The van der Waals surface area contributed by atoms with E-state index in [2.05, 4.69) is 0 Å². The number of halogens is 1. The van der Waals surface area contributed by atoms with Crippen molar-refractivity contribution in [3.63, 3.8) is 0 Å². The smallest absolute Gasteiger partial charge is 0.295 e. The number of carbonyl (C=O) groups excluding carboxylic acids is 2. The van der Waals surface area contributed by atoms with Crippen molar-refractivity contribution < 1.29 is 28.9 Å². The van der Waals surface area contributed by atoms with Gasteiger partial charge in [0.05, 0.1) is 38.0 Å². The Labute approximate surface area is 204 Å². The number of aliphatic hydroxyl groups excluding tert-OH is 1. The van der Waals surface area contributed by atoms with E-state index in [9.17, 15) is 14.7 Å². The van der Waals surface area contributed by atoms with E-state index in [0.29, 0.717) is 41.3 Å². The zero-order valence-electron chi connectivity index (χ0n) is 19.9. The highest BCUT2D eigenvalue weighted by Crippen LogP contribution is 2.44. The summed E-state index contributed by atoms with van der Waals surface area (Å²) < 4.78 is 16.1. The molecule has 2 aromatic carbocycles. The molecule has 3 rings (SSSR count). The molecule has 1 saturated heterocycles. The molecule has 1 N–H and O–H groups in total. The van der Waals surface area contributed by atoms with Gasteiger partial charge in [-0.05, 0) is 63.5 Å². The number of benzene rings is 2. The van der Waals surface area contributed by atoms with Gasteiger partial charge in [0.1, 0.15) is 23.0 Å². The van der Waals surface area contributed by atoms with E-state index in [-0.39, 0.29) is 16.4 Å². The zero-order chi connectivity index (χ0) is 25.0. The predicted molar refractivity (Wildman–Crippen MR) is 130 cm³/mol. The number of ether oxygens (including phenoxy) is 3. The van der Waals surface area contributed by atoms with Crippen LogP contribution in [0.1, 0.15) is 23.6 Å². The van der Waals surface area contributed by atoms with Crippen LogP contribution in [-0.4, -0.2) is 75.1 Å². The molecule has 1 unspecified atom stereocenters. The topological polar surface area (TPSA) is 88.5 Å². The highest BCUT2D eigenvalue weighted by Gasteiger charge is 2.47. The van der Waals surface area contributed by atoms with Crippen LogP contribution in [0.3, 0.4) is 0 Å². The minimum absolute atomic E-state index is 0.0392. The first-order valence-corrected chi connectivity index (χ1v) is 11.1. The minimum Gasteiger partial charge on any atom is -0.507 e. The summed E-state index contributed by atoms with van der Waals surface area (Å²) >= 11 is 6.25. The molecule has 0 aromatic heterocycles. The van der Waals surface area contributed by atoms with E-state index in [1.807, 2.05) is 19.0 Å². The van der Waals surface area contributed by atoms with Crippen LogP contribution in [0.5, 0.6) is 17.2 Å². The van der Waals surface area contributed by atoms with Gasteiger partial charge in [-0.3, -0.25) is 9.59 Å². The van der Waals surface area contributed by atoms with Crippen LogP contribution in [0.2, 0.25) is 5.02 Å². The molecule has 8 nitrogen and oxygen atoms in total. The first-order valence-electron chi connectivity index (χ1n) is 10.7. The Morgan fingerprint density at radius 1 is 1.03 bits per heavy atom. The van der Waals surface area contributed by atoms with Gasteiger partial charge in [-0.25, -0.2) is 0 Å². The number of carbonyl (C=O) groups is 2. The number of methoxy groups -OCH3 is 3. The van der Waals surface area contributed by atoms with E-state index in [1.165, 1.54) is 32.3 Å². The molecule has 9 heteroatoms. The van der Waals surface area contributed by atoms with Crippen LogP contribution in [0.4, 0.5) is 0 Å². The maximum atomic E-state index is 13.2. The van der Waals surface area contributed by atoms with Gasteiger partial charge < -0.3 is 29.1 Å². The van der Waals surface area contributed by atoms with Gasteiger partial charge in [0.25, 0.3) is 11.7 Å². The Morgan fingerprint density at radius 2 is 1.71 bits per heavy atom. The van der Waals surface area contributed by atoms with Gasteiger partial charge in [0.2, 0.25) is 0 Å². The van der Waals surface area contributed by atoms with Crippen molar-refractivity contribution in [3.05, 3.63) is 58.1 Å². The van der Waals surface area contributed by atoms with E-state index in [0.717, 1.165) is 6.54 Å². The summed E-state index contributed by atoms with van der Waals surface area (Å²) in [5.74, 6) is -0.369. The summed E-state index contributed by atoms with van der Waals surface area (Å²) in [6.45, 7) is 1.03. The number of hydrogen-bond acceptors (Lipinski definition) is 7. The number of Topliss-reactive ketones (excluding diaryl/α,β-unsaturated/α-hetero) is 1. The van der Waals surface area contributed by atoms with Crippen LogP contribution in [0.15, 0.2) is 42.0 Å². The van der Waals surface area contributed by atoms with Crippen molar-refractivity contribution in [2.24, 2.45) is 0 Å². The quantitative estimate of drug-likeness (QED) is 0.327. The molecule has 1 aliphatic rings. The number of amides is 1. The molecule has 1 aliphatic heterocycles. The zero-order valence-corrected chi connectivity index (χ0v) is 20.7. The molecule has 0 aliphatic carbocycles.